The Balaban J connectivity index is 2.17. The molecular weight excluding hydrogens is 226 g/mol. The van der Waals surface area contributed by atoms with Gasteiger partial charge in [0.15, 0.2) is 0 Å². The minimum absolute atomic E-state index is 0.866. The highest BCUT2D eigenvalue weighted by Crippen LogP contribution is 2.37. The largest absolute Gasteiger partial charge is 0.496 e. The summed E-state index contributed by atoms with van der Waals surface area (Å²) in [7, 11) is 3.70. The fraction of sp³-hybridized carbons (Fsp3) is 0.357. The Morgan fingerprint density at radius 1 is 1.33 bits per heavy atom. The van der Waals surface area contributed by atoms with E-state index in [0.29, 0.717) is 0 Å². The van der Waals surface area contributed by atoms with Crippen molar-refractivity contribution in [2.75, 3.05) is 19.0 Å². The standard InChI is InChI=1S/C14H17N3O/c1-17-11-7-5-9-15-14(11)13(16-17)10-6-3-4-8-12(10)18-2/h3-4,6,8,15H,5,7,9H2,1-2H3. The summed E-state index contributed by atoms with van der Waals surface area (Å²) in [5, 5.41) is 8.11. The van der Waals surface area contributed by atoms with E-state index in [1.54, 1.807) is 7.11 Å². The molecular formula is C14H17N3O. The number of anilines is 1. The Bertz CT molecular complexity index is 574. The molecule has 4 heteroatoms. The van der Waals surface area contributed by atoms with Gasteiger partial charge in [-0.05, 0) is 25.0 Å². The number of benzene rings is 1. The van der Waals surface area contributed by atoms with Crippen LogP contribution in [-0.2, 0) is 13.5 Å². The Morgan fingerprint density at radius 3 is 3.00 bits per heavy atom. The summed E-state index contributed by atoms with van der Waals surface area (Å²) < 4.78 is 7.40. The molecule has 1 aromatic carbocycles. The van der Waals surface area contributed by atoms with Crippen molar-refractivity contribution in [2.24, 2.45) is 7.05 Å². The van der Waals surface area contributed by atoms with Gasteiger partial charge in [0.2, 0.25) is 0 Å². The Hall–Kier alpha value is -1.97. The third-order valence-corrected chi connectivity index (χ3v) is 3.42. The lowest BCUT2D eigenvalue weighted by molar-refractivity contribution is 0.416. The molecule has 18 heavy (non-hydrogen) atoms. The molecule has 0 atom stereocenters. The number of methoxy groups -OCH3 is 1. The first-order chi connectivity index (χ1) is 8.81. The molecule has 0 fully saturated rings. The normalized spacial score (nSPS) is 13.9. The Morgan fingerprint density at radius 2 is 2.17 bits per heavy atom. The maximum atomic E-state index is 5.42. The molecule has 1 aliphatic rings. The van der Waals surface area contributed by atoms with Gasteiger partial charge in [0.25, 0.3) is 0 Å². The van der Waals surface area contributed by atoms with Crippen LogP contribution in [0.2, 0.25) is 0 Å². The zero-order valence-corrected chi connectivity index (χ0v) is 10.7. The lowest BCUT2D eigenvalue weighted by Crippen LogP contribution is -2.13. The van der Waals surface area contributed by atoms with Gasteiger partial charge in [0.1, 0.15) is 11.4 Å². The average molecular weight is 243 g/mol. The summed E-state index contributed by atoms with van der Waals surface area (Å²) in [4.78, 5) is 0. The molecule has 1 aliphatic heterocycles. The van der Waals surface area contributed by atoms with Crippen molar-refractivity contribution in [3.05, 3.63) is 30.0 Å². The van der Waals surface area contributed by atoms with E-state index >= 15 is 0 Å². The minimum atomic E-state index is 0.866. The lowest BCUT2D eigenvalue weighted by atomic mass is 10.0. The van der Waals surface area contributed by atoms with Crippen molar-refractivity contribution < 1.29 is 4.74 Å². The third-order valence-electron chi connectivity index (χ3n) is 3.42. The van der Waals surface area contributed by atoms with Crippen LogP contribution in [0.1, 0.15) is 12.1 Å². The van der Waals surface area contributed by atoms with Crippen molar-refractivity contribution >= 4 is 5.69 Å². The van der Waals surface area contributed by atoms with Crippen LogP contribution in [0, 0.1) is 0 Å². The monoisotopic (exact) mass is 243 g/mol. The van der Waals surface area contributed by atoms with Gasteiger partial charge in [0.05, 0.1) is 18.5 Å². The Labute approximate surface area is 107 Å². The molecule has 2 aromatic rings. The number of aromatic nitrogens is 2. The number of ether oxygens (including phenoxy) is 1. The molecule has 0 spiro atoms. The quantitative estimate of drug-likeness (QED) is 0.880. The number of aryl methyl sites for hydroxylation is 1. The van der Waals surface area contributed by atoms with Gasteiger partial charge in [0, 0.05) is 19.2 Å². The van der Waals surface area contributed by atoms with Crippen LogP contribution in [0.25, 0.3) is 11.3 Å². The number of rotatable bonds is 2. The Kier molecular flexibility index (Phi) is 2.70. The first-order valence-corrected chi connectivity index (χ1v) is 6.24. The number of hydrogen-bond donors (Lipinski definition) is 1. The molecule has 1 N–H and O–H groups in total. The molecule has 2 heterocycles. The smallest absolute Gasteiger partial charge is 0.128 e. The fourth-order valence-electron chi connectivity index (χ4n) is 2.53. The summed E-state index contributed by atoms with van der Waals surface area (Å²) in [5.74, 6) is 0.866. The van der Waals surface area contributed by atoms with E-state index in [9.17, 15) is 0 Å². The van der Waals surface area contributed by atoms with Crippen molar-refractivity contribution in [1.29, 1.82) is 0 Å². The van der Waals surface area contributed by atoms with Crippen LogP contribution < -0.4 is 10.1 Å². The van der Waals surface area contributed by atoms with E-state index in [2.05, 4.69) is 16.5 Å². The van der Waals surface area contributed by atoms with Gasteiger partial charge in [-0.3, -0.25) is 4.68 Å². The number of nitrogens with one attached hydrogen (secondary N) is 1. The predicted octanol–water partition coefficient (Wildman–Crippen LogP) is 2.45. The summed E-state index contributed by atoms with van der Waals surface area (Å²) in [6.07, 6.45) is 2.25. The molecule has 4 nitrogen and oxygen atoms in total. The van der Waals surface area contributed by atoms with Crippen LogP contribution in [0.5, 0.6) is 5.75 Å². The molecule has 94 valence electrons. The average Bonchev–Trinajstić information content (AvgIpc) is 2.77. The molecule has 0 bridgehead atoms. The van der Waals surface area contributed by atoms with E-state index in [1.165, 1.54) is 5.69 Å². The summed E-state index contributed by atoms with van der Waals surface area (Å²) in [6.45, 7) is 1.01. The maximum absolute atomic E-state index is 5.42. The molecule has 0 saturated heterocycles. The highest BCUT2D eigenvalue weighted by Gasteiger charge is 2.21. The summed E-state index contributed by atoms with van der Waals surface area (Å²) in [5.41, 5.74) is 4.48. The van der Waals surface area contributed by atoms with Crippen molar-refractivity contribution in [2.45, 2.75) is 12.8 Å². The summed E-state index contributed by atoms with van der Waals surface area (Å²) in [6, 6.07) is 8.02. The van der Waals surface area contributed by atoms with Crippen molar-refractivity contribution in [3.63, 3.8) is 0 Å². The van der Waals surface area contributed by atoms with Gasteiger partial charge >= 0.3 is 0 Å². The molecule has 3 rings (SSSR count). The number of nitrogens with zero attached hydrogens (tertiary/aromatic N) is 2. The molecule has 0 aliphatic carbocycles. The van der Waals surface area contributed by atoms with E-state index in [0.717, 1.165) is 42.1 Å². The van der Waals surface area contributed by atoms with Crippen LogP contribution in [0.15, 0.2) is 24.3 Å². The second-order valence-electron chi connectivity index (χ2n) is 4.52. The topological polar surface area (TPSA) is 39.1 Å². The van der Waals surface area contributed by atoms with Gasteiger partial charge in [-0.1, -0.05) is 12.1 Å². The third kappa shape index (κ3) is 1.65. The first-order valence-electron chi connectivity index (χ1n) is 6.24. The lowest BCUT2D eigenvalue weighted by Gasteiger charge is -2.15. The van der Waals surface area contributed by atoms with Crippen LogP contribution in [0.3, 0.4) is 0 Å². The van der Waals surface area contributed by atoms with Crippen molar-refractivity contribution in [1.82, 2.24) is 9.78 Å². The van der Waals surface area contributed by atoms with Gasteiger partial charge in [-0.2, -0.15) is 5.10 Å². The van der Waals surface area contributed by atoms with E-state index < -0.39 is 0 Å². The molecule has 0 radical (unpaired) electrons. The second-order valence-corrected chi connectivity index (χ2v) is 4.52. The van der Waals surface area contributed by atoms with E-state index in [4.69, 9.17) is 4.74 Å². The minimum Gasteiger partial charge on any atom is -0.496 e. The number of fused-ring (bicyclic) bond motifs is 1. The second kappa shape index (κ2) is 4.37. The fourth-order valence-corrected chi connectivity index (χ4v) is 2.53. The molecule has 0 unspecified atom stereocenters. The molecule has 1 aromatic heterocycles. The predicted molar refractivity (Wildman–Crippen MR) is 72.0 cm³/mol. The van der Waals surface area contributed by atoms with E-state index in [1.807, 2.05) is 29.9 Å². The molecule has 0 saturated carbocycles. The van der Waals surface area contributed by atoms with Crippen molar-refractivity contribution in [3.8, 4) is 17.0 Å². The van der Waals surface area contributed by atoms with Crippen LogP contribution >= 0.6 is 0 Å². The van der Waals surface area contributed by atoms with Crippen LogP contribution in [0.4, 0.5) is 5.69 Å². The maximum Gasteiger partial charge on any atom is 0.128 e. The van der Waals surface area contributed by atoms with E-state index in [-0.39, 0.29) is 0 Å². The molecule has 0 amide bonds. The zero-order chi connectivity index (χ0) is 12.5. The zero-order valence-electron chi connectivity index (χ0n) is 10.7. The SMILES string of the molecule is COc1ccccc1-c1nn(C)c2c1NCCC2. The number of para-hydroxylation sites is 1. The summed E-state index contributed by atoms with van der Waals surface area (Å²) >= 11 is 0. The van der Waals surface area contributed by atoms with Crippen LogP contribution in [-0.4, -0.2) is 23.4 Å². The van der Waals surface area contributed by atoms with Gasteiger partial charge in [-0.25, -0.2) is 0 Å². The van der Waals surface area contributed by atoms with Gasteiger partial charge in [-0.15, -0.1) is 0 Å². The highest BCUT2D eigenvalue weighted by atomic mass is 16.5. The van der Waals surface area contributed by atoms with Gasteiger partial charge < -0.3 is 10.1 Å². The first kappa shape index (κ1) is 11.1. The number of hydrogen-bond acceptors (Lipinski definition) is 3. The highest BCUT2D eigenvalue weighted by molar-refractivity contribution is 5.80.